The van der Waals surface area contributed by atoms with Gasteiger partial charge in [0.05, 0.1) is 29.2 Å². The van der Waals surface area contributed by atoms with Gasteiger partial charge in [0.1, 0.15) is 0 Å². The molecule has 3 rings (SSSR count). The van der Waals surface area contributed by atoms with Gasteiger partial charge in [-0.05, 0) is 103 Å². The second-order valence-electron chi connectivity index (χ2n) is 8.95. The highest BCUT2D eigenvalue weighted by Gasteiger charge is 2.34. The first kappa shape index (κ1) is 25.2. The lowest BCUT2D eigenvalue weighted by atomic mass is 9.79. The number of nitriles is 2. The summed E-state index contributed by atoms with van der Waals surface area (Å²) in [5, 5.41) is 23.8. The van der Waals surface area contributed by atoms with Gasteiger partial charge in [0.2, 0.25) is 0 Å². The molecule has 33 heavy (non-hydrogen) atoms. The smallest absolute Gasteiger partial charge is 0.0991 e. The van der Waals surface area contributed by atoms with Crippen LogP contribution in [0.3, 0.4) is 0 Å². The quantitative estimate of drug-likeness (QED) is 0.288. The summed E-state index contributed by atoms with van der Waals surface area (Å²) < 4.78 is 1.20. The summed E-state index contributed by atoms with van der Waals surface area (Å²) in [5.41, 5.74) is 3.32. The van der Waals surface area contributed by atoms with Crippen molar-refractivity contribution in [3.05, 3.63) is 104 Å². The lowest BCUT2D eigenvalue weighted by Crippen LogP contribution is -2.42. The summed E-state index contributed by atoms with van der Waals surface area (Å²) in [7, 11) is 0. The van der Waals surface area contributed by atoms with E-state index in [1.807, 2.05) is 56.3 Å². The molecular weight excluding hydrogens is 541 g/mol. The molecule has 0 saturated heterocycles. The Balaban J connectivity index is 1.99. The molecule has 3 aromatic rings. The van der Waals surface area contributed by atoms with E-state index in [1.54, 1.807) is 0 Å². The molecule has 3 atom stereocenters. The van der Waals surface area contributed by atoms with E-state index >= 15 is 0 Å². The van der Waals surface area contributed by atoms with Crippen LogP contribution in [-0.4, -0.2) is 6.04 Å². The number of rotatable bonds is 8. The minimum atomic E-state index is -0.652. The largest absolute Gasteiger partial charge is 0.305 e. The molecule has 0 spiro atoms. The van der Waals surface area contributed by atoms with Gasteiger partial charge in [0.15, 0.2) is 0 Å². The van der Waals surface area contributed by atoms with Crippen LogP contribution < -0.4 is 5.32 Å². The molecule has 1 unspecified atom stereocenters. The predicted octanol–water partition coefficient (Wildman–Crippen LogP) is 7.41. The Hall–Kier alpha value is -2.38. The van der Waals surface area contributed by atoms with E-state index in [1.165, 1.54) is 9.13 Å². The fourth-order valence-electron chi connectivity index (χ4n) is 4.15. The van der Waals surface area contributed by atoms with Crippen LogP contribution >= 0.6 is 34.2 Å². The Morgan fingerprint density at radius 2 is 1.64 bits per heavy atom. The summed E-state index contributed by atoms with van der Waals surface area (Å²) in [6.07, 6.45) is 0.815. The van der Waals surface area contributed by atoms with E-state index in [0.717, 1.165) is 17.5 Å². The number of halogens is 2. The number of hydrogen-bond acceptors (Lipinski definition) is 3. The van der Waals surface area contributed by atoms with Gasteiger partial charge in [-0.2, -0.15) is 10.5 Å². The van der Waals surface area contributed by atoms with Gasteiger partial charge in [-0.25, -0.2) is 0 Å². The minimum Gasteiger partial charge on any atom is -0.305 e. The van der Waals surface area contributed by atoms with Crippen molar-refractivity contribution in [2.24, 2.45) is 5.41 Å². The summed E-state index contributed by atoms with van der Waals surface area (Å²) in [6.45, 7) is 6.05. The molecule has 3 nitrogen and oxygen atoms in total. The van der Waals surface area contributed by atoms with E-state index in [-0.39, 0.29) is 18.0 Å². The summed E-state index contributed by atoms with van der Waals surface area (Å²) >= 11 is 8.60. The molecule has 3 aromatic carbocycles. The highest BCUT2D eigenvalue weighted by atomic mass is 127. The molecule has 0 fully saturated rings. The Bertz CT molecular complexity index is 1170. The van der Waals surface area contributed by atoms with Crippen LogP contribution in [0.2, 0.25) is 5.02 Å². The first-order valence-electron chi connectivity index (χ1n) is 10.9. The van der Waals surface area contributed by atoms with Crippen molar-refractivity contribution < 1.29 is 0 Å². The number of nitrogens with one attached hydrogen (secondary N) is 1. The standard InChI is InChI=1S/C28H27ClIN3/c1-19(33-27(28(2,3)18-32)23-8-5-9-24(29)16-23)26(15-20-10-12-25(30)13-11-20)22-7-4-6-21(14-22)17-31/h4-14,16,19,26-27,33H,15H2,1-3H3/t19-,26+,27?/m0/s1. The van der Waals surface area contributed by atoms with Gasteiger partial charge >= 0.3 is 0 Å². The van der Waals surface area contributed by atoms with Crippen LogP contribution in [-0.2, 0) is 6.42 Å². The van der Waals surface area contributed by atoms with Gasteiger partial charge in [0.25, 0.3) is 0 Å². The van der Waals surface area contributed by atoms with Crippen LogP contribution in [0.4, 0.5) is 0 Å². The van der Waals surface area contributed by atoms with Crippen molar-refractivity contribution in [1.29, 1.82) is 10.5 Å². The maximum absolute atomic E-state index is 9.93. The summed E-state index contributed by atoms with van der Waals surface area (Å²) in [4.78, 5) is 0. The van der Waals surface area contributed by atoms with Crippen LogP contribution in [0.25, 0.3) is 0 Å². The second kappa shape index (κ2) is 11.2. The minimum absolute atomic E-state index is 0.0230. The molecule has 0 heterocycles. The summed E-state index contributed by atoms with van der Waals surface area (Å²) in [6, 6.07) is 28.6. The number of nitrogens with zero attached hydrogens (tertiary/aromatic N) is 2. The normalized spacial score (nSPS) is 14.0. The molecule has 0 radical (unpaired) electrons. The zero-order valence-electron chi connectivity index (χ0n) is 19.0. The van der Waals surface area contributed by atoms with Gasteiger partial charge < -0.3 is 5.32 Å². The first-order valence-corrected chi connectivity index (χ1v) is 12.4. The Kier molecular flexibility index (Phi) is 8.54. The zero-order valence-corrected chi connectivity index (χ0v) is 21.9. The lowest BCUT2D eigenvalue weighted by Gasteiger charge is -2.36. The van der Waals surface area contributed by atoms with Crippen LogP contribution in [0.15, 0.2) is 72.8 Å². The molecule has 0 aromatic heterocycles. The molecule has 0 amide bonds. The third-order valence-corrected chi connectivity index (χ3v) is 6.99. The van der Waals surface area contributed by atoms with E-state index in [9.17, 15) is 10.5 Å². The van der Waals surface area contributed by atoms with Crippen LogP contribution in [0.1, 0.15) is 55.0 Å². The van der Waals surface area contributed by atoms with Crippen molar-refractivity contribution in [1.82, 2.24) is 5.32 Å². The van der Waals surface area contributed by atoms with Crippen LogP contribution in [0, 0.1) is 31.6 Å². The third kappa shape index (κ3) is 6.58. The zero-order chi connectivity index (χ0) is 24.0. The Labute approximate surface area is 215 Å². The number of benzene rings is 3. The van der Waals surface area contributed by atoms with E-state index < -0.39 is 5.41 Å². The predicted molar refractivity (Wildman–Crippen MR) is 143 cm³/mol. The van der Waals surface area contributed by atoms with Gasteiger partial charge in [0, 0.05) is 20.6 Å². The molecule has 0 aliphatic rings. The van der Waals surface area contributed by atoms with E-state index in [2.05, 4.69) is 77.3 Å². The fourth-order valence-corrected chi connectivity index (χ4v) is 4.71. The SMILES string of the molecule is C[C@H](NC(c1cccc(Cl)c1)C(C)(C)C#N)[C@@H](Cc1ccc(I)cc1)c1cccc(C#N)c1. The van der Waals surface area contributed by atoms with Crippen molar-refractivity contribution in [2.45, 2.75) is 45.2 Å². The Morgan fingerprint density at radius 1 is 0.970 bits per heavy atom. The molecule has 0 bridgehead atoms. The maximum atomic E-state index is 9.93. The molecule has 1 N–H and O–H groups in total. The molecular formula is C28H27ClIN3. The van der Waals surface area contributed by atoms with Crippen molar-refractivity contribution in [2.75, 3.05) is 0 Å². The molecule has 5 heteroatoms. The van der Waals surface area contributed by atoms with Crippen LogP contribution in [0.5, 0.6) is 0 Å². The maximum Gasteiger partial charge on any atom is 0.0991 e. The molecule has 0 saturated carbocycles. The first-order chi connectivity index (χ1) is 15.7. The fraction of sp³-hybridized carbons (Fsp3) is 0.286. The van der Waals surface area contributed by atoms with Gasteiger partial charge in [-0.3, -0.25) is 0 Å². The molecule has 0 aliphatic carbocycles. The second-order valence-corrected chi connectivity index (χ2v) is 10.6. The average molecular weight is 568 g/mol. The van der Waals surface area contributed by atoms with E-state index in [4.69, 9.17) is 11.6 Å². The molecule has 0 aliphatic heterocycles. The summed E-state index contributed by atoms with van der Waals surface area (Å²) in [5.74, 6) is 0.106. The van der Waals surface area contributed by atoms with Crippen molar-refractivity contribution in [3.63, 3.8) is 0 Å². The van der Waals surface area contributed by atoms with E-state index in [0.29, 0.717) is 10.6 Å². The third-order valence-electron chi connectivity index (χ3n) is 6.04. The van der Waals surface area contributed by atoms with Gasteiger partial charge in [-0.1, -0.05) is 48.0 Å². The van der Waals surface area contributed by atoms with Crippen molar-refractivity contribution in [3.8, 4) is 12.1 Å². The monoisotopic (exact) mass is 567 g/mol. The van der Waals surface area contributed by atoms with Gasteiger partial charge in [-0.15, -0.1) is 0 Å². The highest BCUT2D eigenvalue weighted by molar-refractivity contribution is 14.1. The van der Waals surface area contributed by atoms with Crippen molar-refractivity contribution >= 4 is 34.2 Å². The Morgan fingerprint density at radius 3 is 2.27 bits per heavy atom. The highest BCUT2D eigenvalue weighted by Crippen LogP contribution is 2.36. The topological polar surface area (TPSA) is 59.6 Å². The average Bonchev–Trinajstić information content (AvgIpc) is 2.81. The molecule has 168 valence electrons. The lowest BCUT2D eigenvalue weighted by molar-refractivity contribution is 0.281. The number of hydrogen-bond donors (Lipinski definition) is 1.